The second kappa shape index (κ2) is 10.00. The van der Waals surface area contributed by atoms with Gasteiger partial charge in [-0.2, -0.15) is 0 Å². The van der Waals surface area contributed by atoms with E-state index >= 15 is 0 Å². The Morgan fingerprint density at radius 2 is 2.04 bits per heavy atom. The summed E-state index contributed by atoms with van der Waals surface area (Å²) < 4.78 is 5.29. The lowest BCUT2D eigenvalue weighted by Crippen LogP contribution is -2.12. The van der Waals surface area contributed by atoms with Crippen LogP contribution in [0.3, 0.4) is 0 Å². The molecule has 4 nitrogen and oxygen atoms in total. The third kappa shape index (κ3) is 5.25. The van der Waals surface area contributed by atoms with Crippen LogP contribution in [0, 0.1) is 6.92 Å². The highest BCUT2D eigenvalue weighted by atomic mass is 32.2. The summed E-state index contributed by atoms with van der Waals surface area (Å²) in [6, 6.07) is 11.2. The van der Waals surface area contributed by atoms with Crippen LogP contribution in [0.25, 0.3) is 5.57 Å². The van der Waals surface area contributed by atoms with Crippen molar-refractivity contribution in [2.75, 3.05) is 12.4 Å². The van der Waals surface area contributed by atoms with Gasteiger partial charge in [-0.25, -0.2) is 0 Å². The number of aryl methyl sites for hydroxylation is 1. The predicted molar refractivity (Wildman–Crippen MR) is 115 cm³/mol. The second-order valence-electron chi connectivity index (χ2n) is 6.02. The van der Waals surface area contributed by atoms with E-state index in [0.29, 0.717) is 11.3 Å². The van der Waals surface area contributed by atoms with Crippen LogP contribution in [0.2, 0.25) is 0 Å². The average molecular weight is 383 g/mol. The first kappa shape index (κ1) is 20.8. The molecule has 0 aliphatic heterocycles. The van der Waals surface area contributed by atoms with Crippen molar-refractivity contribution in [1.29, 1.82) is 0 Å². The first-order valence-corrected chi connectivity index (χ1v) is 9.72. The van der Waals surface area contributed by atoms with Crippen LogP contribution in [0.5, 0.6) is 5.75 Å². The zero-order chi connectivity index (χ0) is 19.8. The number of nitrogens with two attached hydrogens (primary N) is 1. The molecule has 0 heterocycles. The molecule has 0 fully saturated rings. The molecule has 0 aliphatic rings. The van der Waals surface area contributed by atoms with Crippen LogP contribution in [-0.2, 0) is 0 Å². The zero-order valence-electron chi connectivity index (χ0n) is 16.2. The van der Waals surface area contributed by atoms with Gasteiger partial charge in [-0.3, -0.25) is 9.93 Å². The summed E-state index contributed by atoms with van der Waals surface area (Å²) in [7, 11) is 1.56. The molecule has 2 aromatic carbocycles. The largest absolute Gasteiger partial charge is 0.496 e. The molecule has 142 valence electrons. The fourth-order valence-corrected chi connectivity index (χ4v) is 3.17. The Labute approximate surface area is 165 Å². The highest BCUT2D eigenvalue weighted by Crippen LogP contribution is 2.28. The maximum absolute atomic E-state index is 12.6. The van der Waals surface area contributed by atoms with Gasteiger partial charge >= 0.3 is 0 Å². The van der Waals surface area contributed by atoms with Gasteiger partial charge in [0.1, 0.15) is 5.75 Å². The number of ether oxygens (including phenoxy) is 1. The SMILES string of the molecule is C/C=C(\C=C/CC)c1ccc(NC(=O)c2ccc(SN)c(OC)c2)cc1C. The number of benzene rings is 2. The highest BCUT2D eigenvalue weighted by molar-refractivity contribution is 7.97. The summed E-state index contributed by atoms with van der Waals surface area (Å²) in [4.78, 5) is 13.4. The van der Waals surface area contributed by atoms with Crippen molar-refractivity contribution in [3.8, 4) is 5.75 Å². The minimum Gasteiger partial charge on any atom is -0.496 e. The number of carbonyl (C=O) groups is 1. The lowest BCUT2D eigenvalue weighted by molar-refractivity contribution is 0.102. The van der Waals surface area contributed by atoms with Crippen molar-refractivity contribution < 1.29 is 9.53 Å². The molecular weight excluding hydrogens is 356 g/mol. The van der Waals surface area contributed by atoms with Crippen LogP contribution in [0.4, 0.5) is 5.69 Å². The van der Waals surface area contributed by atoms with Crippen LogP contribution < -0.4 is 15.2 Å². The standard InChI is InChI=1S/C22H26N2O2S/c1-5-7-8-16(6-2)19-11-10-18(13-15(19)3)24-22(25)17-9-12-21(27-23)20(14-17)26-4/h6-14H,5,23H2,1-4H3,(H,24,25)/b8-7-,16-6+. The minimum atomic E-state index is -0.189. The molecule has 0 bridgehead atoms. The van der Waals surface area contributed by atoms with E-state index in [4.69, 9.17) is 9.88 Å². The molecule has 0 saturated heterocycles. The van der Waals surface area contributed by atoms with E-state index < -0.39 is 0 Å². The van der Waals surface area contributed by atoms with E-state index in [-0.39, 0.29) is 5.91 Å². The number of rotatable bonds is 7. The molecule has 0 radical (unpaired) electrons. The van der Waals surface area contributed by atoms with Crippen LogP contribution in [0.15, 0.2) is 59.5 Å². The summed E-state index contributed by atoms with van der Waals surface area (Å²) in [5.41, 5.74) is 4.71. The number of hydrogen-bond acceptors (Lipinski definition) is 4. The third-order valence-electron chi connectivity index (χ3n) is 4.19. The van der Waals surface area contributed by atoms with Crippen LogP contribution >= 0.6 is 11.9 Å². The molecule has 0 saturated carbocycles. The number of anilines is 1. The molecule has 1 amide bonds. The Morgan fingerprint density at radius 1 is 1.26 bits per heavy atom. The molecule has 27 heavy (non-hydrogen) atoms. The van der Waals surface area contributed by atoms with Gasteiger partial charge in [0.25, 0.3) is 5.91 Å². The monoisotopic (exact) mass is 382 g/mol. The van der Waals surface area contributed by atoms with Crippen LogP contribution in [0.1, 0.15) is 41.8 Å². The van der Waals surface area contributed by atoms with E-state index in [9.17, 15) is 4.79 Å². The molecular formula is C22H26N2O2S. The molecule has 5 heteroatoms. The van der Waals surface area contributed by atoms with Gasteiger partial charge in [0, 0.05) is 11.3 Å². The molecule has 0 aromatic heterocycles. The highest BCUT2D eigenvalue weighted by Gasteiger charge is 2.11. The van der Waals surface area contributed by atoms with Crippen molar-refractivity contribution in [1.82, 2.24) is 0 Å². The maximum atomic E-state index is 12.6. The van der Waals surface area contributed by atoms with Gasteiger partial charge in [0.15, 0.2) is 0 Å². The zero-order valence-corrected chi connectivity index (χ0v) is 17.0. The average Bonchev–Trinajstić information content (AvgIpc) is 2.69. The fourth-order valence-electron chi connectivity index (χ4n) is 2.76. The first-order valence-electron chi connectivity index (χ1n) is 8.84. The summed E-state index contributed by atoms with van der Waals surface area (Å²) in [5, 5.41) is 8.54. The maximum Gasteiger partial charge on any atom is 0.255 e. The predicted octanol–water partition coefficient (Wildman–Crippen LogP) is 5.59. The number of carbonyl (C=O) groups excluding carboxylic acids is 1. The first-order chi connectivity index (χ1) is 13.0. The van der Waals surface area contributed by atoms with Crippen molar-refractivity contribution in [2.45, 2.75) is 32.1 Å². The van der Waals surface area contributed by atoms with Gasteiger partial charge in [0.2, 0.25) is 0 Å². The lowest BCUT2D eigenvalue weighted by atomic mass is 9.99. The number of hydrogen-bond donors (Lipinski definition) is 2. The second-order valence-corrected chi connectivity index (χ2v) is 6.70. The summed E-state index contributed by atoms with van der Waals surface area (Å²) in [6.07, 6.45) is 7.36. The van der Waals surface area contributed by atoms with E-state index in [1.165, 1.54) is 5.57 Å². The molecule has 0 unspecified atom stereocenters. The van der Waals surface area contributed by atoms with Crippen molar-refractivity contribution in [3.05, 3.63) is 71.3 Å². The van der Waals surface area contributed by atoms with E-state index in [1.54, 1.807) is 25.3 Å². The number of allylic oxidation sites excluding steroid dienone is 4. The Hall–Kier alpha value is -2.50. The summed E-state index contributed by atoms with van der Waals surface area (Å²) in [5.74, 6) is 0.397. The fraction of sp³-hybridized carbons (Fsp3) is 0.227. The van der Waals surface area contributed by atoms with E-state index in [0.717, 1.165) is 40.1 Å². The Balaban J connectivity index is 2.22. The third-order valence-corrected chi connectivity index (χ3v) is 4.78. The topological polar surface area (TPSA) is 64.4 Å². The molecule has 2 rings (SSSR count). The summed E-state index contributed by atoms with van der Waals surface area (Å²) in [6.45, 7) is 6.19. The minimum absolute atomic E-state index is 0.189. The lowest BCUT2D eigenvalue weighted by Gasteiger charge is -2.12. The Bertz CT molecular complexity index is 873. The van der Waals surface area contributed by atoms with Crippen molar-refractivity contribution >= 4 is 29.1 Å². The number of nitrogens with one attached hydrogen (secondary N) is 1. The molecule has 0 aliphatic carbocycles. The quantitative estimate of drug-likeness (QED) is 0.484. The van der Waals surface area contributed by atoms with Crippen molar-refractivity contribution in [3.63, 3.8) is 0 Å². The Morgan fingerprint density at radius 3 is 2.63 bits per heavy atom. The smallest absolute Gasteiger partial charge is 0.255 e. The summed E-state index contributed by atoms with van der Waals surface area (Å²) >= 11 is 1.09. The van der Waals surface area contributed by atoms with E-state index in [1.807, 2.05) is 32.0 Å². The van der Waals surface area contributed by atoms with Crippen molar-refractivity contribution in [2.24, 2.45) is 5.14 Å². The van der Waals surface area contributed by atoms with Gasteiger partial charge in [0.05, 0.1) is 12.0 Å². The van der Waals surface area contributed by atoms with Gasteiger partial charge in [-0.1, -0.05) is 31.2 Å². The number of amides is 1. The van der Waals surface area contributed by atoms with Gasteiger partial charge in [-0.05, 0) is 79.2 Å². The van der Waals surface area contributed by atoms with Gasteiger partial charge in [-0.15, -0.1) is 0 Å². The molecule has 0 spiro atoms. The van der Waals surface area contributed by atoms with Crippen LogP contribution in [-0.4, -0.2) is 13.0 Å². The molecule has 2 aromatic rings. The van der Waals surface area contributed by atoms with E-state index in [2.05, 4.69) is 30.5 Å². The molecule has 3 N–H and O–H groups in total. The van der Waals surface area contributed by atoms with Gasteiger partial charge < -0.3 is 10.1 Å². The molecule has 0 atom stereocenters. The normalized spacial score (nSPS) is 11.7. The Kier molecular flexibility index (Phi) is 7.70. The number of methoxy groups -OCH3 is 1.